The highest BCUT2D eigenvalue weighted by molar-refractivity contribution is 5.74. The first-order valence-electron chi connectivity index (χ1n) is 4.97. The Balaban J connectivity index is 3.02. The quantitative estimate of drug-likeness (QED) is 0.785. The number of nitriles is 1. The maximum atomic E-state index is 11.3. The van der Waals surface area contributed by atoms with Gasteiger partial charge in [0.25, 0.3) is 0 Å². The third-order valence-electron chi connectivity index (χ3n) is 2.22. The van der Waals surface area contributed by atoms with Crippen LogP contribution in [0.5, 0.6) is 5.75 Å². The average molecular weight is 219 g/mol. The van der Waals surface area contributed by atoms with Crippen LogP contribution in [0, 0.1) is 18.3 Å². The molecular formula is C12H13NO3. The molecule has 0 saturated heterocycles. The van der Waals surface area contributed by atoms with Crippen molar-refractivity contribution in [3.05, 3.63) is 28.8 Å². The smallest absolute Gasteiger partial charge is 0.310 e. The molecule has 0 bridgehead atoms. The van der Waals surface area contributed by atoms with Crippen molar-refractivity contribution in [2.45, 2.75) is 20.3 Å². The molecule has 84 valence electrons. The Labute approximate surface area is 94.1 Å². The predicted octanol–water partition coefficient (Wildman–Crippen LogP) is 1.68. The van der Waals surface area contributed by atoms with Gasteiger partial charge in [-0.05, 0) is 25.0 Å². The number of benzene rings is 1. The van der Waals surface area contributed by atoms with Crippen molar-refractivity contribution in [3.63, 3.8) is 0 Å². The van der Waals surface area contributed by atoms with Crippen LogP contribution >= 0.6 is 0 Å². The molecule has 1 rings (SSSR count). The summed E-state index contributed by atoms with van der Waals surface area (Å²) in [6, 6.07) is 5.22. The summed E-state index contributed by atoms with van der Waals surface area (Å²) in [6.07, 6.45) is 0.00454. The Kier molecular flexibility index (Phi) is 3.90. The molecule has 16 heavy (non-hydrogen) atoms. The van der Waals surface area contributed by atoms with Gasteiger partial charge in [-0.15, -0.1) is 0 Å². The van der Waals surface area contributed by atoms with Gasteiger partial charge in [0.15, 0.2) is 0 Å². The molecule has 4 nitrogen and oxygen atoms in total. The number of hydrogen-bond acceptors (Lipinski definition) is 4. The first kappa shape index (κ1) is 12.1. The molecule has 0 unspecified atom stereocenters. The highest BCUT2D eigenvalue weighted by atomic mass is 16.5. The minimum absolute atomic E-state index is 0.00454. The number of nitrogens with zero attached hydrogens (tertiary/aromatic N) is 1. The molecular weight excluding hydrogens is 206 g/mol. The van der Waals surface area contributed by atoms with E-state index in [9.17, 15) is 9.90 Å². The summed E-state index contributed by atoms with van der Waals surface area (Å²) in [6.45, 7) is 3.72. The molecule has 1 aromatic rings. The van der Waals surface area contributed by atoms with Crippen molar-refractivity contribution in [2.75, 3.05) is 6.61 Å². The van der Waals surface area contributed by atoms with Gasteiger partial charge < -0.3 is 9.84 Å². The van der Waals surface area contributed by atoms with E-state index in [4.69, 9.17) is 10.00 Å². The number of carbonyl (C=O) groups excluding carboxylic acids is 1. The largest absolute Gasteiger partial charge is 0.506 e. The summed E-state index contributed by atoms with van der Waals surface area (Å²) in [5, 5.41) is 18.6. The molecule has 1 N–H and O–H groups in total. The van der Waals surface area contributed by atoms with Crippen LogP contribution in [0.25, 0.3) is 0 Å². The van der Waals surface area contributed by atoms with Crippen molar-refractivity contribution in [3.8, 4) is 11.8 Å². The Bertz CT molecular complexity index is 446. The van der Waals surface area contributed by atoms with Gasteiger partial charge in [-0.3, -0.25) is 4.79 Å². The van der Waals surface area contributed by atoms with E-state index in [-0.39, 0.29) is 17.7 Å². The summed E-state index contributed by atoms with van der Waals surface area (Å²) >= 11 is 0. The molecule has 0 spiro atoms. The van der Waals surface area contributed by atoms with E-state index in [1.165, 1.54) is 0 Å². The Hall–Kier alpha value is -2.02. The number of rotatable bonds is 3. The van der Waals surface area contributed by atoms with Gasteiger partial charge in [0.2, 0.25) is 0 Å². The van der Waals surface area contributed by atoms with Crippen molar-refractivity contribution in [1.29, 1.82) is 5.26 Å². The molecule has 0 aromatic heterocycles. The molecule has 0 heterocycles. The maximum absolute atomic E-state index is 11.3. The van der Waals surface area contributed by atoms with Crippen LogP contribution in [0.1, 0.15) is 23.6 Å². The van der Waals surface area contributed by atoms with Gasteiger partial charge in [-0.1, -0.05) is 12.1 Å². The Morgan fingerprint density at radius 2 is 2.25 bits per heavy atom. The number of hydrogen-bond donors (Lipinski definition) is 1. The number of aromatic hydroxyl groups is 1. The fraction of sp³-hybridized carbons (Fsp3) is 0.333. The number of phenolic OH excluding ortho intramolecular Hbond substituents is 1. The number of carbonyl (C=O) groups is 1. The van der Waals surface area contributed by atoms with Gasteiger partial charge in [0.1, 0.15) is 11.8 Å². The SMILES string of the molecule is CCOC(=O)Cc1ccc(C)c(O)c1C#N. The minimum Gasteiger partial charge on any atom is -0.506 e. The van der Waals surface area contributed by atoms with Crippen LogP contribution in [-0.2, 0) is 16.0 Å². The first-order chi connectivity index (χ1) is 7.60. The number of esters is 1. The summed E-state index contributed by atoms with van der Waals surface area (Å²) in [5.41, 5.74) is 1.25. The van der Waals surface area contributed by atoms with E-state index in [1.807, 2.05) is 6.07 Å². The van der Waals surface area contributed by atoms with E-state index >= 15 is 0 Å². The number of ether oxygens (including phenoxy) is 1. The molecule has 4 heteroatoms. The highest BCUT2D eigenvalue weighted by Crippen LogP contribution is 2.25. The average Bonchev–Trinajstić information content (AvgIpc) is 2.24. The Morgan fingerprint density at radius 3 is 2.81 bits per heavy atom. The highest BCUT2D eigenvalue weighted by Gasteiger charge is 2.13. The fourth-order valence-corrected chi connectivity index (χ4v) is 1.38. The molecule has 0 fully saturated rings. The minimum atomic E-state index is -0.401. The Morgan fingerprint density at radius 1 is 1.56 bits per heavy atom. The van der Waals surface area contributed by atoms with Crippen LogP contribution < -0.4 is 0 Å². The molecule has 0 aliphatic heterocycles. The van der Waals surface area contributed by atoms with Crippen LogP contribution in [0.3, 0.4) is 0 Å². The first-order valence-corrected chi connectivity index (χ1v) is 4.97. The summed E-state index contributed by atoms with van der Waals surface area (Å²) < 4.78 is 4.79. The maximum Gasteiger partial charge on any atom is 0.310 e. The van der Waals surface area contributed by atoms with Crippen molar-refractivity contribution in [2.24, 2.45) is 0 Å². The van der Waals surface area contributed by atoms with Crippen molar-refractivity contribution < 1.29 is 14.6 Å². The van der Waals surface area contributed by atoms with Gasteiger partial charge in [0, 0.05) is 0 Å². The number of phenols is 1. The molecule has 0 radical (unpaired) electrons. The predicted molar refractivity (Wildman–Crippen MR) is 57.9 cm³/mol. The van der Waals surface area contributed by atoms with Crippen LogP contribution in [-0.4, -0.2) is 17.7 Å². The summed E-state index contributed by atoms with van der Waals surface area (Å²) in [4.78, 5) is 11.3. The fourth-order valence-electron chi connectivity index (χ4n) is 1.38. The lowest BCUT2D eigenvalue weighted by Crippen LogP contribution is -2.08. The lowest BCUT2D eigenvalue weighted by molar-refractivity contribution is -0.142. The zero-order valence-corrected chi connectivity index (χ0v) is 9.28. The van der Waals surface area contributed by atoms with E-state index in [1.54, 1.807) is 26.0 Å². The second-order valence-electron chi connectivity index (χ2n) is 3.36. The van der Waals surface area contributed by atoms with Gasteiger partial charge in [0.05, 0.1) is 18.6 Å². The van der Waals surface area contributed by atoms with Crippen molar-refractivity contribution in [1.82, 2.24) is 0 Å². The standard InChI is InChI=1S/C12H13NO3/c1-3-16-11(14)6-9-5-4-8(2)12(15)10(9)7-13/h4-5,15H,3,6H2,1-2H3. The van der Waals surface area contributed by atoms with E-state index in [2.05, 4.69) is 0 Å². The zero-order valence-electron chi connectivity index (χ0n) is 9.28. The lowest BCUT2D eigenvalue weighted by atomic mass is 10.0. The lowest BCUT2D eigenvalue weighted by Gasteiger charge is -2.07. The van der Waals surface area contributed by atoms with E-state index in [0.717, 1.165) is 0 Å². The van der Waals surface area contributed by atoms with Crippen LogP contribution in [0.4, 0.5) is 0 Å². The van der Waals surface area contributed by atoms with Crippen LogP contribution in [0.2, 0.25) is 0 Å². The summed E-state index contributed by atoms with van der Waals surface area (Å²) in [5.74, 6) is -0.466. The van der Waals surface area contributed by atoms with Gasteiger partial charge >= 0.3 is 5.97 Å². The second-order valence-corrected chi connectivity index (χ2v) is 3.36. The third-order valence-corrected chi connectivity index (χ3v) is 2.22. The second kappa shape index (κ2) is 5.17. The monoisotopic (exact) mass is 219 g/mol. The topological polar surface area (TPSA) is 70.3 Å². The normalized spacial score (nSPS) is 9.56. The molecule has 0 atom stereocenters. The molecule has 0 aliphatic rings. The van der Waals surface area contributed by atoms with Crippen molar-refractivity contribution >= 4 is 5.97 Å². The van der Waals surface area contributed by atoms with E-state index in [0.29, 0.717) is 17.7 Å². The van der Waals surface area contributed by atoms with E-state index < -0.39 is 5.97 Å². The molecule has 0 saturated carbocycles. The molecule has 1 aromatic carbocycles. The number of aryl methyl sites for hydroxylation is 1. The molecule has 0 amide bonds. The molecule has 0 aliphatic carbocycles. The van der Waals surface area contributed by atoms with Gasteiger partial charge in [-0.2, -0.15) is 5.26 Å². The van der Waals surface area contributed by atoms with Crippen LogP contribution in [0.15, 0.2) is 12.1 Å². The summed E-state index contributed by atoms with van der Waals surface area (Å²) in [7, 11) is 0. The third kappa shape index (κ3) is 2.51. The van der Waals surface area contributed by atoms with Gasteiger partial charge in [-0.25, -0.2) is 0 Å². The zero-order chi connectivity index (χ0) is 12.1.